The molecule has 3 rings (SSSR count). The molecule has 0 bridgehead atoms. The lowest BCUT2D eigenvalue weighted by Gasteiger charge is -2.14. The van der Waals surface area contributed by atoms with Gasteiger partial charge in [0.25, 0.3) is 0 Å². The van der Waals surface area contributed by atoms with Gasteiger partial charge in [0.05, 0.1) is 5.69 Å². The van der Waals surface area contributed by atoms with Gasteiger partial charge in [0.2, 0.25) is 5.88 Å². The molecule has 0 saturated carbocycles. The maximum atomic E-state index is 13.5. The molecule has 20 heavy (non-hydrogen) atoms. The van der Waals surface area contributed by atoms with Gasteiger partial charge in [-0.05, 0) is 25.0 Å². The highest BCUT2D eigenvalue weighted by molar-refractivity contribution is 5.98. The predicted molar refractivity (Wildman–Crippen MR) is 72.2 cm³/mol. The van der Waals surface area contributed by atoms with Crippen molar-refractivity contribution in [1.29, 1.82) is 0 Å². The molecule has 1 heterocycles. The highest BCUT2D eigenvalue weighted by Crippen LogP contribution is 2.22. The van der Waals surface area contributed by atoms with Crippen molar-refractivity contribution in [2.45, 2.75) is 25.9 Å². The average molecular weight is 271 g/mol. The number of aryl methyl sites for hydroxylation is 1. The van der Waals surface area contributed by atoms with Crippen LogP contribution in [0.15, 0.2) is 36.4 Å². The van der Waals surface area contributed by atoms with E-state index in [9.17, 15) is 9.18 Å². The van der Waals surface area contributed by atoms with Crippen LogP contribution in [-0.4, -0.2) is 10.8 Å². The Balaban J connectivity index is 1.76. The summed E-state index contributed by atoms with van der Waals surface area (Å²) in [4.78, 5) is 16.0. The number of hydrogen-bond acceptors (Lipinski definition) is 3. The number of Topliss-reactive ketones (excluding diaryl/α,β-unsaturated/α-hetero) is 1. The fourth-order valence-electron chi connectivity index (χ4n) is 2.32. The lowest BCUT2D eigenvalue weighted by molar-refractivity contribution is 0.0971. The first-order valence-electron chi connectivity index (χ1n) is 6.63. The van der Waals surface area contributed by atoms with E-state index in [1.807, 2.05) is 0 Å². The zero-order valence-electron chi connectivity index (χ0n) is 10.9. The summed E-state index contributed by atoms with van der Waals surface area (Å²) in [6.45, 7) is 0.131. The van der Waals surface area contributed by atoms with E-state index >= 15 is 0 Å². The third kappa shape index (κ3) is 2.54. The summed E-state index contributed by atoms with van der Waals surface area (Å²) < 4.78 is 19.0. The number of nitrogens with zero attached hydrogens (tertiary/aromatic N) is 1. The van der Waals surface area contributed by atoms with Crippen LogP contribution in [0.25, 0.3) is 0 Å². The Morgan fingerprint density at radius 2 is 2.00 bits per heavy atom. The molecule has 0 atom stereocenters. The second-order valence-corrected chi connectivity index (χ2v) is 4.80. The number of ketones is 1. The molecule has 0 spiro atoms. The van der Waals surface area contributed by atoms with Gasteiger partial charge in [-0.2, -0.15) is 0 Å². The van der Waals surface area contributed by atoms with Gasteiger partial charge in [-0.3, -0.25) is 4.79 Å². The first-order chi connectivity index (χ1) is 9.74. The Bertz CT molecular complexity index is 655. The largest absolute Gasteiger partial charge is 0.473 e. The van der Waals surface area contributed by atoms with Crippen molar-refractivity contribution >= 4 is 5.78 Å². The Morgan fingerprint density at radius 3 is 2.85 bits per heavy atom. The van der Waals surface area contributed by atoms with Crippen molar-refractivity contribution in [2.75, 3.05) is 0 Å². The van der Waals surface area contributed by atoms with Crippen molar-refractivity contribution in [1.82, 2.24) is 4.98 Å². The van der Waals surface area contributed by atoms with E-state index in [0.717, 1.165) is 18.5 Å². The minimum atomic E-state index is -0.291. The van der Waals surface area contributed by atoms with Gasteiger partial charge in [0, 0.05) is 23.6 Å². The van der Waals surface area contributed by atoms with Crippen LogP contribution in [0.2, 0.25) is 0 Å². The van der Waals surface area contributed by atoms with Crippen LogP contribution in [0.3, 0.4) is 0 Å². The molecule has 0 N–H and O–H groups in total. The Labute approximate surface area is 116 Å². The van der Waals surface area contributed by atoms with Gasteiger partial charge >= 0.3 is 0 Å². The molecular formula is C16H14FNO2. The molecule has 0 unspecified atom stereocenters. The number of aromatic nitrogens is 1. The molecule has 4 heteroatoms. The van der Waals surface area contributed by atoms with Gasteiger partial charge in [0.1, 0.15) is 12.4 Å². The Hall–Kier alpha value is -2.23. The van der Waals surface area contributed by atoms with Gasteiger partial charge in [-0.15, -0.1) is 0 Å². The summed E-state index contributed by atoms with van der Waals surface area (Å²) in [5.74, 6) is 0.279. The van der Waals surface area contributed by atoms with Crippen LogP contribution in [0.5, 0.6) is 5.88 Å². The predicted octanol–water partition coefficient (Wildman–Crippen LogP) is 3.32. The fraction of sp³-hybridized carbons (Fsp3) is 0.250. The number of hydrogen-bond donors (Lipinski definition) is 0. The molecule has 2 aromatic rings. The maximum Gasteiger partial charge on any atom is 0.213 e. The van der Waals surface area contributed by atoms with Crippen molar-refractivity contribution in [2.24, 2.45) is 0 Å². The Kier molecular flexibility index (Phi) is 3.46. The summed E-state index contributed by atoms with van der Waals surface area (Å²) in [5.41, 5.74) is 1.96. The second-order valence-electron chi connectivity index (χ2n) is 4.80. The molecule has 102 valence electrons. The first kappa shape index (κ1) is 12.8. The minimum absolute atomic E-state index is 0.131. The minimum Gasteiger partial charge on any atom is -0.473 e. The Morgan fingerprint density at radius 1 is 1.15 bits per heavy atom. The molecule has 1 aliphatic rings. The van der Waals surface area contributed by atoms with E-state index in [1.54, 1.807) is 30.3 Å². The van der Waals surface area contributed by atoms with Crippen LogP contribution in [0, 0.1) is 5.82 Å². The van der Waals surface area contributed by atoms with Crippen LogP contribution in [0.1, 0.15) is 34.5 Å². The van der Waals surface area contributed by atoms with Crippen LogP contribution in [-0.2, 0) is 13.0 Å². The normalized spacial score (nSPS) is 13.9. The summed E-state index contributed by atoms with van der Waals surface area (Å²) in [6.07, 6.45) is 2.21. The van der Waals surface area contributed by atoms with Crippen LogP contribution >= 0.6 is 0 Å². The molecule has 1 aliphatic carbocycles. The third-order valence-electron chi connectivity index (χ3n) is 3.40. The van der Waals surface area contributed by atoms with Crippen molar-refractivity contribution in [3.63, 3.8) is 0 Å². The number of ether oxygens (including phenoxy) is 1. The van der Waals surface area contributed by atoms with Gasteiger partial charge in [0.15, 0.2) is 5.78 Å². The number of benzene rings is 1. The van der Waals surface area contributed by atoms with Crippen molar-refractivity contribution in [3.8, 4) is 5.88 Å². The summed E-state index contributed by atoms with van der Waals surface area (Å²) in [6, 6.07) is 9.90. The third-order valence-corrected chi connectivity index (χ3v) is 3.40. The molecule has 3 nitrogen and oxygen atoms in total. The molecule has 0 amide bonds. The maximum absolute atomic E-state index is 13.5. The fourth-order valence-corrected chi connectivity index (χ4v) is 2.32. The van der Waals surface area contributed by atoms with E-state index in [0.29, 0.717) is 23.4 Å². The number of fused-ring (bicyclic) bond motifs is 1. The monoisotopic (exact) mass is 271 g/mol. The molecular weight excluding hydrogens is 257 g/mol. The smallest absolute Gasteiger partial charge is 0.213 e. The van der Waals surface area contributed by atoms with Crippen molar-refractivity contribution < 1.29 is 13.9 Å². The van der Waals surface area contributed by atoms with Crippen LogP contribution in [0.4, 0.5) is 4.39 Å². The molecule has 0 radical (unpaired) electrons. The number of pyridine rings is 1. The first-order valence-corrected chi connectivity index (χ1v) is 6.63. The van der Waals surface area contributed by atoms with Crippen LogP contribution < -0.4 is 4.74 Å². The SMILES string of the molecule is O=C1CCCc2nc(OCc3ccccc3F)ccc21. The number of carbonyl (C=O) groups is 1. The summed E-state index contributed by atoms with van der Waals surface area (Å²) >= 11 is 0. The van der Waals surface area contributed by atoms with E-state index < -0.39 is 0 Å². The highest BCUT2D eigenvalue weighted by Gasteiger charge is 2.18. The molecule has 1 aromatic carbocycles. The summed E-state index contributed by atoms with van der Waals surface area (Å²) in [7, 11) is 0. The van der Waals surface area contributed by atoms with E-state index in [2.05, 4.69) is 4.98 Å². The van der Waals surface area contributed by atoms with Gasteiger partial charge < -0.3 is 4.74 Å². The van der Waals surface area contributed by atoms with Gasteiger partial charge in [-0.25, -0.2) is 9.37 Å². The second kappa shape index (κ2) is 5.41. The average Bonchev–Trinajstić information content (AvgIpc) is 2.46. The lowest BCUT2D eigenvalue weighted by atomic mass is 9.95. The molecule has 1 aromatic heterocycles. The molecule has 0 saturated heterocycles. The van der Waals surface area contributed by atoms with Crippen molar-refractivity contribution in [3.05, 3.63) is 59.0 Å². The zero-order chi connectivity index (χ0) is 13.9. The molecule has 0 aliphatic heterocycles. The summed E-state index contributed by atoms with van der Waals surface area (Å²) in [5, 5.41) is 0. The lowest BCUT2D eigenvalue weighted by Crippen LogP contribution is -2.13. The van der Waals surface area contributed by atoms with E-state index in [-0.39, 0.29) is 18.2 Å². The van der Waals surface area contributed by atoms with E-state index in [1.165, 1.54) is 6.07 Å². The quantitative estimate of drug-likeness (QED) is 0.859. The van der Waals surface area contributed by atoms with E-state index in [4.69, 9.17) is 4.74 Å². The van der Waals surface area contributed by atoms with Gasteiger partial charge in [-0.1, -0.05) is 18.2 Å². The standard InChI is InChI=1S/C16H14FNO2/c17-13-5-2-1-4-11(13)10-20-16-9-8-12-14(18-16)6-3-7-15(12)19/h1-2,4-5,8-9H,3,6-7,10H2. The zero-order valence-corrected chi connectivity index (χ0v) is 10.9. The topological polar surface area (TPSA) is 39.2 Å². The number of carbonyl (C=O) groups excluding carboxylic acids is 1. The number of rotatable bonds is 3. The number of halogens is 1. The molecule has 0 fully saturated rings. The highest BCUT2D eigenvalue weighted by atomic mass is 19.1.